The van der Waals surface area contributed by atoms with Crippen LogP contribution in [0, 0.1) is 0 Å². The number of carbonyl (C=O) groups is 1. The predicted molar refractivity (Wildman–Crippen MR) is 118 cm³/mol. The zero-order chi connectivity index (χ0) is 17.9. The van der Waals surface area contributed by atoms with Crippen LogP contribution in [0.3, 0.4) is 0 Å². The molecule has 0 spiro atoms. The third-order valence-corrected chi connectivity index (χ3v) is 5.69. The van der Waals surface area contributed by atoms with Crippen LogP contribution in [0.5, 0.6) is 0 Å². The highest BCUT2D eigenvalue weighted by molar-refractivity contribution is 5.85. The van der Waals surface area contributed by atoms with Crippen molar-refractivity contribution in [2.45, 2.75) is 45.6 Å². The Balaban J connectivity index is 0.00000140. The molecule has 0 aromatic heterocycles. The van der Waals surface area contributed by atoms with Gasteiger partial charge in [-0.1, -0.05) is 62.0 Å². The molecule has 1 N–H and O–H groups in total. The van der Waals surface area contributed by atoms with Crippen LogP contribution < -0.4 is 0 Å². The third kappa shape index (κ3) is 4.48. The summed E-state index contributed by atoms with van der Waals surface area (Å²) in [7, 11) is 0. The number of aliphatic carboxylic acids is 1. The van der Waals surface area contributed by atoms with E-state index in [4.69, 9.17) is 0 Å². The Labute approximate surface area is 174 Å². The van der Waals surface area contributed by atoms with Crippen LogP contribution in [0.4, 0.5) is 0 Å². The van der Waals surface area contributed by atoms with Crippen LogP contribution >= 0.6 is 12.4 Å². The highest BCUT2D eigenvalue weighted by atomic mass is 35.5. The molecule has 1 atom stereocenters. The lowest BCUT2D eigenvalue weighted by atomic mass is 9.93. The molecule has 4 heteroatoms. The average Bonchev–Trinajstić information content (AvgIpc) is 3.07. The van der Waals surface area contributed by atoms with E-state index < -0.39 is 5.97 Å². The van der Waals surface area contributed by atoms with Crippen molar-refractivity contribution in [3.63, 3.8) is 0 Å². The Bertz CT molecular complexity index is 797. The van der Waals surface area contributed by atoms with Crippen molar-refractivity contribution in [3.05, 3.63) is 76.9 Å². The Hall–Kier alpha value is -2.10. The van der Waals surface area contributed by atoms with Gasteiger partial charge in [-0.25, -0.2) is 0 Å². The van der Waals surface area contributed by atoms with E-state index in [0.29, 0.717) is 0 Å². The highest BCUT2D eigenvalue weighted by Crippen LogP contribution is 2.33. The number of halogens is 1. The third-order valence-electron chi connectivity index (χ3n) is 5.69. The summed E-state index contributed by atoms with van der Waals surface area (Å²) >= 11 is 0. The van der Waals surface area contributed by atoms with Gasteiger partial charge in [-0.2, -0.15) is 0 Å². The second-order valence-corrected chi connectivity index (χ2v) is 7.25. The van der Waals surface area contributed by atoms with Crippen LogP contribution in [-0.2, 0) is 17.6 Å². The number of carboxylic acid groups (broad SMARTS) is 1. The van der Waals surface area contributed by atoms with Crippen LogP contribution in [0.25, 0.3) is 5.57 Å². The van der Waals surface area contributed by atoms with E-state index >= 15 is 0 Å². The zero-order valence-electron chi connectivity index (χ0n) is 15.4. The monoisotopic (exact) mass is 399 g/mol. The van der Waals surface area contributed by atoms with E-state index in [-0.39, 0.29) is 25.9 Å². The first-order chi connectivity index (χ1) is 12.7. The van der Waals surface area contributed by atoms with Gasteiger partial charge >= 0.3 is 5.97 Å². The summed E-state index contributed by atoms with van der Waals surface area (Å²) in [4.78, 5) is 13.5. The fourth-order valence-corrected chi connectivity index (χ4v) is 4.38. The normalized spacial score (nSPS) is 18.1. The Kier molecular flexibility index (Phi) is 7.85. The van der Waals surface area contributed by atoms with Crippen molar-refractivity contribution >= 4 is 23.9 Å². The molecule has 0 saturated carbocycles. The molecule has 1 unspecified atom stereocenters. The summed E-state index contributed by atoms with van der Waals surface area (Å²) in [5.41, 5.74) is 6.76. The van der Waals surface area contributed by atoms with Gasteiger partial charge in [0.25, 0.3) is 0 Å². The fraction of sp³-hybridized carbons (Fsp3) is 0.375. The number of fused-ring (bicyclic) bond motifs is 2. The summed E-state index contributed by atoms with van der Waals surface area (Å²) < 4.78 is 0. The van der Waals surface area contributed by atoms with Gasteiger partial charge in [0, 0.05) is 6.54 Å². The van der Waals surface area contributed by atoms with Crippen LogP contribution in [0.1, 0.15) is 48.9 Å². The summed E-state index contributed by atoms with van der Waals surface area (Å²) in [5, 5.41) is 9.37. The van der Waals surface area contributed by atoms with Crippen LogP contribution in [0.2, 0.25) is 0 Å². The van der Waals surface area contributed by atoms with E-state index in [2.05, 4.69) is 59.5 Å². The summed E-state index contributed by atoms with van der Waals surface area (Å²) in [6, 6.07) is 17.1. The zero-order valence-corrected chi connectivity index (χ0v) is 16.3. The van der Waals surface area contributed by atoms with Gasteiger partial charge in [-0.15, -0.1) is 12.4 Å². The lowest BCUT2D eigenvalue weighted by Crippen LogP contribution is -2.36. The summed E-state index contributed by atoms with van der Waals surface area (Å²) in [6.07, 6.45) is 7.09. The molecule has 3 nitrogen and oxygen atoms in total. The van der Waals surface area contributed by atoms with E-state index in [1.165, 1.54) is 27.8 Å². The first-order valence-corrected chi connectivity index (χ1v) is 9.57. The number of carboxylic acids is 1. The molecule has 0 radical (unpaired) electrons. The molecule has 150 valence electrons. The van der Waals surface area contributed by atoms with Crippen LogP contribution in [0.15, 0.2) is 54.6 Å². The molecule has 2 aromatic carbocycles. The minimum absolute atomic E-state index is 0. The molecule has 1 fully saturated rings. The first kappa shape index (κ1) is 22.2. The smallest absolute Gasteiger partial charge is 0.320 e. The Morgan fingerprint density at radius 3 is 2.18 bits per heavy atom. The van der Waals surface area contributed by atoms with E-state index in [0.717, 1.165) is 45.2 Å². The lowest BCUT2D eigenvalue weighted by Gasteiger charge is -2.20. The molecule has 0 amide bonds. The van der Waals surface area contributed by atoms with Crippen molar-refractivity contribution in [2.24, 2.45) is 0 Å². The molecule has 28 heavy (non-hydrogen) atoms. The first-order valence-electron chi connectivity index (χ1n) is 9.57. The fourth-order valence-electron chi connectivity index (χ4n) is 4.38. The maximum absolute atomic E-state index is 11.4. The van der Waals surface area contributed by atoms with Gasteiger partial charge < -0.3 is 5.11 Å². The molecule has 1 aliphatic heterocycles. The molecule has 2 aliphatic rings. The van der Waals surface area contributed by atoms with Crippen molar-refractivity contribution in [3.8, 4) is 0 Å². The number of hydrogen-bond acceptors (Lipinski definition) is 2. The predicted octanol–water partition coefficient (Wildman–Crippen LogP) is 5.21. The molecule has 1 aliphatic carbocycles. The van der Waals surface area contributed by atoms with Gasteiger partial charge in [0.2, 0.25) is 0 Å². The Morgan fingerprint density at radius 1 is 1.04 bits per heavy atom. The van der Waals surface area contributed by atoms with Gasteiger partial charge in [-0.3, -0.25) is 9.69 Å². The molecule has 1 saturated heterocycles. The van der Waals surface area contributed by atoms with Gasteiger partial charge in [0.05, 0.1) is 0 Å². The molecule has 0 bridgehead atoms. The Morgan fingerprint density at radius 2 is 1.61 bits per heavy atom. The minimum atomic E-state index is -0.680. The number of nitrogens with zero attached hydrogens (tertiary/aromatic N) is 1. The summed E-state index contributed by atoms with van der Waals surface area (Å²) in [6.45, 7) is 1.71. The van der Waals surface area contributed by atoms with Gasteiger partial charge in [-0.05, 0) is 66.5 Å². The van der Waals surface area contributed by atoms with Crippen molar-refractivity contribution in [2.75, 3.05) is 13.1 Å². The van der Waals surface area contributed by atoms with Crippen LogP contribution in [-0.4, -0.2) is 35.1 Å². The van der Waals surface area contributed by atoms with Crippen molar-refractivity contribution in [1.29, 1.82) is 0 Å². The minimum Gasteiger partial charge on any atom is -0.480 e. The number of aryl methyl sites for hydroxylation is 2. The molecular formula is C24H30ClNO2. The largest absolute Gasteiger partial charge is 0.480 e. The number of rotatable bonds is 4. The number of hydrogen-bond donors (Lipinski definition) is 1. The van der Waals surface area contributed by atoms with E-state index in [1.807, 2.05) is 0 Å². The number of likely N-dealkylation sites (tertiary alicyclic amines) is 1. The lowest BCUT2D eigenvalue weighted by molar-refractivity contribution is -0.142. The SMILES string of the molecule is C.Cl.O=C(O)C1CCCN1CCC=C1c2ccccc2CCc2ccccc21. The van der Waals surface area contributed by atoms with Gasteiger partial charge in [0.15, 0.2) is 0 Å². The van der Waals surface area contributed by atoms with Gasteiger partial charge in [0.1, 0.15) is 6.04 Å². The maximum atomic E-state index is 11.4. The topological polar surface area (TPSA) is 40.5 Å². The van der Waals surface area contributed by atoms with Crippen molar-refractivity contribution in [1.82, 2.24) is 4.90 Å². The van der Waals surface area contributed by atoms with E-state index in [9.17, 15) is 9.90 Å². The average molecular weight is 400 g/mol. The second kappa shape index (κ2) is 9.90. The van der Waals surface area contributed by atoms with Crippen molar-refractivity contribution < 1.29 is 9.90 Å². The van der Waals surface area contributed by atoms with E-state index in [1.54, 1.807) is 0 Å². The molecule has 4 rings (SSSR count). The quantitative estimate of drug-likeness (QED) is 0.766. The summed E-state index contributed by atoms with van der Waals surface area (Å²) in [5.74, 6) is -0.680. The second-order valence-electron chi connectivity index (χ2n) is 7.25. The maximum Gasteiger partial charge on any atom is 0.320 e. The molecule has 1 heterocycles. The highest BCUT2D eigenvalue weighted by Gasteiger charge is 2.29. The molecular weight excluding hydrogens is 370 g/mol. The number of benzene rings is 2. The molecule has 2 aromatic rings. The standard InChI is InChI=1S/C23H25NO2.CH4.ClH/c25-23(26)22-12-6-16-24(22)15-5-11-21-19-9-3-1-7-17(19)13-14-18-8-2-4-10-20(18)21;;/h1-4,7-11,22H,5-6,12-16H2,(H,25,26);1H4;1H.